The van der Waals surface area contributed by atoms with E-state index in [-0.39, 0.29) is 29.4 Å². The van der Waals surface area contributed by atoms with Crippen LogP contribution in [0.5, 0.6) is 5.75 Å². The Hall–Kier alpha value is -3.06. The molecule has 35 heavy (non-hydrogen) atoms. The van der Waals surface area contributed by atoms with Crippen LogP contribution in [-0.4, -0.2) is 50.0 Å². The van der Waals surface area contributed by atoms with Crippen LogP contribution in [0.15, 0.2) is 54.6 Å². The number of para-hydroxylation sites is 1. The van der Waals surface area contributed by atoms with Gasteiger partial charge in [0.15, 0.2) is 0 Å². The van der Waals surface area contributed by atoms with Crippen molar-refractivity contribution < 1.29 is 24.2 Å². The van der Waals surface area contributed by atoms with E-state index >= 15 is 0 Å². The van der Waals surface area contributed by atoms with E-state index in [0.29, 0.717) is 30.8 Å². The standard InChI is InChI=1S/C28H38N2O5/c1-27(2,20-31)17-18-29-26(33)35-22-13-15-28(16-14-22,21-9-5-4-6-10-21)19-30-25(32)23-11-7-8-12-24(23)34-3/h4-12,22,31H,13-20H2,1-3H3,(H,29,33)(H,30,32). The number of aliphatic hydroxyl groups is 1. The van der Waals surface area contributed by atoms with Crippen molar-refractivity contribution in [3.63, 3.8) is 0 Å². The lowest BCUT2D eigenvalue weighted by Gasteiger charge is -2.40. The Morgan fingerprint density at radius 3 is 2.34 bits per heavy atom. The van der Waals surface area contributed by atoms with Gasteiger partial charge in [0, 0.05) is 25.1 Å². The number of benzene rings is 2. The molecule has 2 amide bonds. The molecule has 0 radical (unpaired) electrons. The molecule has 2 aromatic rings. The third kappa shape index (κ3) is 7.21. The summed E-state index contributed by atoms with van der Waals surface area (Å²) >= 11 is 0. The van der Waals surface area contributed by atoms with Gasteiger partial charge in [0.1, 0.15) is 11.9 Å². The first kappa shape index (κ1) is 26.5. The van der Waals surface area contributed by atoms with Crippen molar-refractivity contribution >= 4 is 12.0 Å². The number of hydrogen-bond acceptors (Lipinski definition) is 5. The van der Waals surface area contributed by atoms with Crippen molar-refractivity contribution in [2.45, 2.75) is 57.5 Å². The summed E-state index contributed by atoms with van der Waals surface area (Å²) in [5.74, 6) is 0.380. The molecule has 7 nitrogen and oxygen atoms in total. The lowest BCUT2D eigenvalue weighted by Crippen LogP contribution is -2.45. The maximum absolute atomic E-state index is 13.0. The van der Waals surface area contributed by atoms with Crippen molar-refractivity contribution in [2.24, 2.45) is 5.41 Å². The monoisotopic (exact) mass is 482 g/mol. The second-order valence-electron chi connectivity index (χ2n) is 10.1. The molecule has 0 bridgehead atoms. The summed E-state index contributed by atoms with van der Waals surface area (Å²) in [5, 5.41) is 15.3. The number of ether oxygens (including phenoxy) is 2. The van der Waals surface area contributed by atoms with Gasteiger partial charge in [0.2, 0.25) is 0 Å². The Balaban J connectivity index is 1.60. The molecule has 0 aromatic heterocycles. The first-order chi connectivity index (χ1) is 16.8. The molecular weight excluding hydrogens is 444 g/mol. The van der Waals surface area contributed by atoms with Gasteiger partial charge in [-0.1, -0.05) is 56.3 Å². The van der Waals surface area contributed by atoms with Crippen LogP contribution in [0, 0.1) is 5.41 Å². The molecule has 1 aliphatic carbocycles. The van der Waals surface area contributed by atoms with Crippen LogP contribution in [-0.2, 0) is 10.2 Å². The molecule has 7 heteroatoms. The predicted octanol–water partition coefficient (Wildman–Crippen LogP) is 4.44. The average molecular weight is 483 g/mol. The minimum atomic E-state index is -0.416. The Labute approximate surface area is 208 Å². The topological polar surface area (TPSA) is 96.9 Å². The van der Waals surface area contributed by atoms with Crippen LogP contribution < -0.4 is 15.4 Å². The molecule has 1 aliphatic rings. The smallest absolute Gasteiger partial charge is 0.407 e. The van der Waals surface area contributed by atoms with E-state index in [1.807, 2.05) is 44.2 Å². The summed E-state index contributed by atoms with van der Waals surface area (Å²) < 4.78 is 11.0. The lowest BCUT2D eigenvalue weighted by molar-refractivity contribution is 0.0554. The fourth-order valence-electron chi connectivity index (χ4n) is 4.57. The van der Waals surface area contributed by atoms with Crippen LogP contribution in [0.1, 0.15) is 61.9 Å². The first-order valence-corrected chi connectivity index (χ1v) is 12.3. The molecule has 2 aromatic carbocycles. The van der Waals surface area contributed by atoms with Gasteiger partial charge in [-0.25, -0.2) is 4.79 Å². The molecule has 1 saturated carbocycles. The number of methoxy groups -OCH3 is 1. The van der Waals surface area contributed by atoms with Gasteiger partial charge in [-0.2, -0.15) is 0 Å². The summed E-state index contributed by atoms with van der Waals surface area (Å²) in [6.45, 7) is 4.93. The second-order valence-corrected chi connectivity index (χ2v) is 10.1. The van der Waals surface area contributed by atoms with Gasteiger partial charge in [0.25, 0.3) is 5.91 Å². The zero-order valence-electron chi connectivity index (χ0n) is 21.0. The fourth-order valence-corrected chi connectivity index (χ4v) is 4.57. The highest BCUT2D eigenvalue weighted by molar-refractivity contribution is 5.97. The second kappa shape index (κ2) is 12.1. The quantitative estimate of drug-likeness (QED) is 0.465. The number of nitrogens with one attached hydrogen (secondary N) is 2. The van der Waals surface area contributed by atoms with E-state index in [1.54, 1.807) is 19.2 Å². The van der Waals surface area contributed by atoms with E-state index < -0.39 is 6.09 Å². The molecule has 190 valence electrons. The molecule has 0 heterocycles. The van der Waals surface area contributed by atoms with Crippen molar-refractivity contribution in [3.05, 3.63) is 65.7 Å². The molecule has 0 unspecified atom stereocenters. The minimum absolute atomic E-state index is 0.0709. The number of amides is 2. The summed E-state index contributed by atoms with van der Waals surface area (Å²) in [6, 6.07) is 17.4. The fraction of sp³-hybridized carbons (Fsp3) is 0.500. The van der Waals surface area contributed by atoms with Crippen LogP contribution in [0.4, 0.5) is 4.79 Å². The van der Waals surface area contributed by atoms with Crippen molar-refractivity contribution in [1.82, 2.24) is 10.6 Å². The van der Waals surface area contributed by atoms with Crippen LogP contribution >= 0.6 is 0 Å². The van der Waals surface area contributed by atoms with Crippen LogP contribution in [0.25, 0.3) is 0 Å². The first-order valence-electron chi connectivity index (χ1n) is 12.3. The highest BCUT2D eigenvalue weighted by Crippen LogP contribution is 2.40. The molecular formula is C28H38N2O5. The summed E-state index contributed by atoms with van der Waals surface area (Å²) in [7, 11) is 1.56. The van der Waals surface area contributed by atoms with Gasteiger partial charge in [-0.05, 0) is 55.2 Å². The Kier molecular flexibility index (Phi) is 9.15. The summed E-state index contributed by atoms with van der Waals surface area (Å²) in [6.07, 6.45) is 3.11. The van der Waals surface area contributed by atoms with Gasteiger partial charge in [-0.3, -0.25) is 4.79 Å². The molecule has 1 fully saturated rings. The number of hydrogen-bond donors (Lipinski definition) is 3. The van der Waals surface area contributed by atoms with Gasteiger partial charge >= 0.3 is 6.09 Å². The zero-order valence-corrected chi connectivity index (χ0v) is 21.0. The van der Waals surface area contributed by atoms with E-state index in [4.69, 9.17) is 9.47 Å². The Morgan fingerprint density at radius 1 is 1.03 bits per heavy atom. The van der Waals surface area contributed by atoms with Gasteiger partial charge in [-0.15, -0.1) is 0 Å². The third-order valence-electron chi connectivity index (χ3n) is 6.99. The maximum Gasteiger partial charge on any atom is 0.407 e. The highest BCUT2D eigenvalue weighted by atomic mass is 16.6. The molecule has 0 spiro atoms. The Bertz CT molecular complexity index is 968. The lowest BCUT2D eigenvalue weighted by atomic mass is 9.68. The van der Waals surface area contributed by atoms with E-state index in [2.05, 4.69) is 22.8 Å². The van der Waals surface area contributed by atoms with Crippen LogP contribution in [0.2, 0.25) is 0 Å². The third-order valence-corrected chi connectivity index (χ3v) is 6.99. The van der Waals surface area contributed by atoms with Gasteiger partial charge in [0.05, 0.1) is 12.7 Å². The summed E-state index contributed by atoms with van der Waals surface area (Å²) in [4.78, 5) is 25.2. The van der Waals surface area contributed by atoms with Gasteiger partial charge < -0.3 is 25.2 Å². The number of carbonyl (C=O) groups is 2. The average Bonchev–Trinajstić information content (AvgIpc) is 2.88. The molecule has 0 aliphatic heterocycles. The van der Waals surface area contributed by atoms with E-state index in [0.717, 1.165) is 25.7 Å². The minimum Gasteiger partial charge on any atom is -0.496 e. The molecule has 3 rings (SSSR count). The highest BCUT2D eigenvalue weighted by Gasteiger charge is 2.38. The summed E-state index contributed by atoms with van der Waals surface area (Å²) in [5.41, 5.74) is 1.22. The SMILES string of the molecule is COc1ccccc1C(=O)NCC1(c2ccccc2)CCC(OC(=O)NCCC(C)(C)CO)CC1. The van der Waals surface area contributed by atoms with E-state index in [1.165, 1.54) is 5.56 Å². The predicted molar refractivity (Wildman–Crippen MR) is 136 cm³/mol. The number of rotatable bonds is 10. The number of carbonyl (C=O) groups excluding carboxylic acids is 2. The Morgan fingerprint density at radius 2 is 1.69 bits per heavy atom. The molecule has 3 N–H and O–H groups in total. The molecule has 0 saturated heterocycles. The molecule has 0 atom stereocenters. The zero-order chi connectivity index (χ0) is 25.3. The largest absolute Gasteiger partial charge is 0.496 e. The van der Waals surface area contributed by atoms with Crippen molar-refractivity contribution in [1.29, 1.82) is 0 Å². The maximum atomic E-state index is 13.0. The van der Waals surface area contributed by atoms with Crippen LogP contribution in [0.3, 0.4) is 0 Å². The van der Waals surface area contributed by atoms with E-state index in [9.17, 15) is 14.7 Å². The number of alkyl carbamates (subject to hydrolysis) is 1. The number of aliphatic hydroxyl groups excluding tert-OH is 1. The normalized spacial score (nSPS) is 20.1. The van der Waals surface area contributed by atoms with Crippen molar-refractivity contribution in [2.75, 3.05) is 26.8 Å². The van der Waals surface area contributed by atoms with Crippen molar-refractivity contribution in [3.8, 4) is 5.75 Å².